The number of urea groups is 1. The molecule has 0 unspecified atom stereocenters. The predicted molar refractivity (Wildman–Crippen MR) is 74.7 cm³/mol. The third kappa shape index (κ3) is 4.20. The molecule has 0 spiro atoms. The zero-order chi connectivity index (χ0) is 12.8. The van der Waals surface area contributed by atoms with E-state index in [1.165, 1.54) is 0 Å². The lowest BCUT2D eigenvalue weighted by molar-refractivity contribution is 0.252. The normalized spacial score (nSPS) is 9.76. The summed E-state index contributed by atoms with van der Waals surface area (Å²) in [5, 5.41) is 5.77. The van der Waals surface area contributed by atoms with E-state index < -0.39 is 0 Å². The first-order valence-electron chi connectivity index (χ1n) is 5.18. The Labute approximate surface area is 111 Å². The number of amides is 2. The predicted octanol–water partition coefficient (Wildman–Crippen LogP) is 2.51. The number of halogens is 1. The molecule has 0 aliphatic rings. The fourth-order valence-electron chi connectivity index (χ4n) is 1.18. The molecule has 17 heavy (non-hydrogen) atoms. The van der Waals surface area contributed by atoms with Gasteiger partial charge in [-0.1, -0.05) is 36.8 Å². The first kappa shape index (κ1) is 13.7. The van der Waals surface area contributed by atoms with E-state index in [-0.39, 0.29) is 11.0 Å². The van der Waals surface area contributed by atoms with E-state index in [2.05, 4.69) is 10.6 Å². The van der Waals surface area contributed by atoms with Crippen molar-refractivity contribution in [3.8, 4) is 0 Å². The highest BCUT2D eigenvalue weighted by molar-refractivity contribution is 7.80. The number of rotatable bonds is 4. The van der Waals surface area contributed by atoms with Crippen molar-refractivity contribution in [3.05, 3.63) is 28.8 Å². The second-order valence-electron chi connectivity index (χ2n) is 3.44. The lowest BCUT2D eigenvalue weighted by Crippen LogP contribution is -2.29. The molecule has 0 saturated heterocycles. The minimum atomic E-state index is -0.297. The third-order valence-electron chi connectivity index (χ3n) is 2.03. The number of thiocarbonyl (C=S) groups is 1. The molecule has 0 radical (unpaired) electrons. The number of nitrogens with one attached hydrogen (secondary N) is 2. The quantitative estimate of drug-likeness (QED) is 0.737. The molecule has 0 heterocycles. The molecule has 0 saturated carbocycles. The Morgan fingerprint density at radius 1 is 1.53 bits per heavy atom. The van der Waals surface area contributed by atoms with Crippen LogP contribution in [-0.4, -0.2) is 17.6 Å². The molecule has 92 valence electrons. The van der Waals surface area contributed by atoms with Crippen LogP contribution in [0.15, 0.2) is 18.2 Å². The zero-order valence-electron chi connectivity index (χ0n) is 9.42. The van der Waals surface area contributed by atoms with Gasteiger partial charge in [-0.3, -0.25) is 0 Å². The van der Waals surface area contributed by atoms with Gasteiger partial charge in [-0.2, -0.15) is 0 Å². The van der Waals surface area contributed by atoms with Crippen molar-refractivity contribution in [3.63, 3.8) is 0 Å². The Morgan fingerprint density at radius 3 is 2.82 bits per heavy atom. The summed E-state index contributed by atoms with van der Waals surface area (Å²) in [6, 6.07) is 4.70. The molecule has 1 aromatic carbocycles. The molecule has 1 rings (SSSR count). The van der Waals surface area contributed by atoms with Crippen molar-refractivity contribution in [1.29, 1.82) is 0 Å². The van der Waals surface area contributed by atoms with Crippen LogP contribution in [0.2, 0.25) is 5.02 Å². The molecular formula is C11H14ClN3OS. The van der Waals surface area contributed by atoms with E-state index in [1.807, 2.05) is 6.92 Å². The molecule has 0 aliphatic heterocycles. The zero-order valence-corrected chi connectivity index (χ0v) is 11.0. The minimum Gasteiger partial charge on any atom is -0.389 e. The van der Waals surface area contributed by atoms with Crippen molar-refractivity contribution in [2.45, 2.75) is 13.3 Å². The van der Waals surface area contributed by atoms with Crippen LogP contribution in [0.5, 0.6) is 0 Å². The third-order valence-corrected chi connectivity index (χ3v) is 2.60. The van der Waals surface area contributed by atoms with Gasteiger partial charge in [0, 0.05) is 12.1 Å². The minimum absolute atomic E-state index is 0.263. The van der Waals surface area contributed by atoms with E-state index in [0.717, 1.165) is 6.42 Å². The molecule has 2 amide bonds. The summed E-state index contributed by atoms with van der Waals surface area (Å²) < 4.78 is 0. The van der Waals surface area contributed by atoms with Crippen molar-refractivity contribution in [1.82, 2.24) is 5.32 Å². The Kier molecular flexibility index (Phi) is 5.18. The highest BCUT2D eigenvalue weighted by atomic mass is 35.5. The second-order valence-corrected chi connectivity index (χ2v) is 4.29. The van der Waals surface area contributed by atoms with E-state index in [1.54, 1.807) is 18.2 Å². The SMILES string of the molecule is CCCNC(=O)Nc1cc(C(N)=S)ccc1Cl. The molecule has 6 heteroatoms. The van der Waals surface area contributed by atoms with Gasteiger partial charge in [0.2, 0.25) is 0 Å². The largest absolute Gasteiger partial charge is 0.389 e. The number of hydrogen-bond acceptors (Lipinski definition) is 2. The molecule has 0 atom stereocenters. The van der Waals surface area contributed by atoms with E-state index in [4.69, 9.17) is 29.6 Å². The number of benzene rings is 1. The summed E-state index contributed by atoms with van der Waals surface area (Å²) in [7, 11) is 0. The average molecular weight is 272 g/mol. The fraction of sp³-hybridized carbons (Fsp3) is 0.273. The van der Waals surface area contributed by atoms with Crippen LogP contribution < -0.4 is 16.4 Å². The van der Waals surface area contributed by atoms with Gasteiger partial charge in [0.25, 0.3) is 0 Å². The number of carbonyl (C=O) groups is 1. The van der Waals surface area contributed by atoms with Crippen LogP contribution in [0.25, 0.3) is 0 Å². The van der Waals surface area contributed by atoms with Gasteiger partial charge in [-0.05, 0) is 18.6 Å². The molecule has 0 bridgehead atoms. The summed E-state index contributed by atoms with van der Waals surface area (Å²) in [4.78, 5) is 11.7. The monoisotopic (exact) mass is 271 g/mol. The maximum atomic E-state index is 11.5. The Bertz CT molecular complexity index is 437. The van der Waals surface area contributed by atoms with Crippen LogP contribution in [0.1, 0.15) is 18.9 Å². The number of hydrogen-bond donors (Lipinski definition) is 3. The van der Waals surface area contributed by atoms with E-state index >= 15 is 0 Å². The maximum Gasteiger partial charge on any atom is 0.319 e. The first-order valence-corrected chi connectivity index (χ1v) is 5.97. The highest BCUT2D eigenvalue weighted by Crippen LogP contribution is 2.22. The number of nitrogens with two attached hydrogens (primary N) is 1. The average Bonchev–Trinajstić information content (AvgIpc) is 2.29. The van der Waals surface area contributed by atoms with Gasteiger partial charge in [0.15, 0.2) is 0 Å². The topological polar surface area (TPSA) is 67.2 Å². The van der Waals surface area contributed by atoms with Gasteiger partial charge in [-0.25, -0.2) is 4.79 Å². The number of carbonyl (C=O) groups excluding carboxylic acids is 1. The Morgan fingerprint density at radius 2 is 2.24 bits per heavy atom. The fourth-order valence-corrected chi connectivity index (χ4v) is 1.47. The van der Waals surface area contributed by atoms with Gasteiger partial charge in [-0.15, -0.1) is 0 Å². The summed E-state index contributed by atoms with van der Waals surface area (Å²) in [6.07, 6.45) is 0.869. The lowest BCUT2D eigenvalue weighted by Gasteiger charge is -2.09. The summed E-state index contributed by atoms with van der Waals surface area (Å²) >= 11 is 10.8. The molecule has 0 aromatic heterocycles. The van der Waals surface area contributed by atoms with Crippen LogP contribution in [0.4, 0.5) is 10.5 Å². The molecule has 4 N–H and O–H groups in total. The standard InChI is InChI=1S/C11H14ClN3OS/c1-2-5-14-11(16)15-9-6-7(10(13)17)3-4-8(9)12/h3-4,6H,2,5H2,1H3,(H2,13,17)(H2,14,15,16). The van der Waals surface area contributed by atoms with Crippen molar-refractivity contribution in [2.75, 3.05) is 11.9 Å². The van der Waals surface area contributed by atoms with Crippen molar-refractivity contribution in [2.24, 2.45) is 5.73 Å². The molecule has 1 aromatic rings. The van der Waals surface area contributed by atoms with Crippen LogP contribution >= 0.6 is 23.8 Å². The Hall–Kier alpha value is -1.33. The molecule has 4 nitrogen and oxygen atoms in total. The van der Waals surface area contributed by atoms with Gasteiger partial charge in [0.05, 0.1) is 10.7 Å². The smallest absolute Gasteiger partial charge is 0.319 e. The summed E-state index contributed by atoms with van der Waals surface area (Å²) in [5.74, 6) is 0. The first-order chi connectivity index (χ1) is 8.04. The van der Waals surface area contributed by atoms with Gasteiger partial charge >= 0.3 is 6.03 Å². The molecule has 0 fully saturated rings. The lowest BCUT2D eigenvalue weighted by atomic mass is 10.2. The van der Waals surface area contributed by atoms with Crippen molar-refractivity contribution >= 4 is 40.5 Å². The molecular weight excluding hydrogens is 258 g/mol. The van der Waals surface area contributed by atoms with Crippen LogP contribution in [-0.2, 0) is 0 Å². The van der Waals surface area contributed by atoms with E-state index in [9.17, 15) is 4.79 Å². The van der Waals surface area contributed by atoms with Gasteiger partial charge < -0.3 is 16.4 Å². The second kappa shape index (κ2) is 6.42. The Balaban J connectivity index is 2.79. The van der Waals surface area contributed by atoms with Crippen LogP contribution in [0, 0.1) is 0 Å². The highest BCUT2D eigenvalue weighted by Gasteiger charge is 2.07. The summed E-state index contributed by atoms with van der Waals surface area (Å²) in [5.41, 5.74) is 6.66. The van der Waals surface area contributed by atoms with E-state index in [0.29, 0.717) is 22.8 Å². The molecule has 0 aliphatic carbocycles. The maximum absolute atomic E-state index is 11.5. The summed E-state index contributed by atoms with van der Waals surface area (Å²) in [6.45, 7) is 2.58. The van der Waals surface area contributed by atoms with Crippen molar-refractivity contribution < 1.29 is 4.79 Å². The van der Waals surface area contributed by atoms with Gasteiger partial charge in [0.1, 0.15) is 4.99 Å². The van der Waals surface area contributed by atoms with Crippen LogP contribution in [0.3, 0.4) is 0 Å². The number of anilines is 1.